The molecule has 0 saturated heterocycles. The Bertz CT molecular complexity index is 591. The third-order valence-electron chi connectivity index (χ3n) is 3.72. The van der Waals surface area contributed by atoms with E-state index < -0.39 is 5.60 Å². The minimum absolute atomic E-state index is 0.710. The van der Waals surface area contributed by atoms with Gasteiger partial charge in [0, 0.05) is 6.54 Å². The highest BCUT2D eigenvalue weighted by atomic mass is 16.5. The molecular weight excluding hydrogens is 250 g/mol. The van der Waals surface area contributed by atoms with Crippen LogP contribution in [0.25, 0.3) is 10.8 Å². The Morgan fingerprint density at radius 1 is 1.10 bits per heavy atom. The second kappa shape index (κ2) is 5.81. The van der Waals surface area contributed by atoms with E-state index in [2.05, 4.69) is 11.0 Å². The number of aliphatic hydroxyl groups is 1. The summed E-state index contributed by atoms with van der Waals surface area (Å²) in [5.74, 6) is 0.851. The van der Waals surface area contributed by atoms with Gasteiger partial charge < -0.3 is 14.7 Å². The zero-order chi connectivity index (χ0) is 14.8. The van der Waals surface area contributed by atoms with Gasteiger partial charge in [0.1, 0.15) is 5.75 Å². The molecule has 2 aromatic rings. The van der Waals surface area contributed by atoms with Crippen LogP contribution in [0.3, 0.4) is 0 Å². The van der Waals surface area contributed by atoms with E-state index in [-0.39, 0.29) is 0 Å². The number of hydrogen-bond donors (Lipinski definition) is 1. The summed E-state index contributed by atoms with van der Waals surface area (Å²) in [6.45, 7) is 2.73. The monoisotopic (exact) mass is 273 g/mol. The van der Waals surface area contributed by atoms with Crippen molar-refractivity contribution in [3.63, 3.8) is 0 Å². The molecule has 0 aliphatic heterocycles. The molecule has 0 fully saturated rings. The molecule has 0 aliphatic carbocycles. The lowest BCUT2D eigenvalue weighted by Gasteiger charge is -2.26. The van der Waals surface area contributed by atoms with Crippen molar-refractivity contribution in [1.82, 2.24) is 4.90 Å². The van der Waals surface area contributed by atoms with E-state index in [0.29, 0.717) is 6.42 Å². The zero-order valence-corrected chi connectivity index (χ0v) is 12.7. The van der Waals surface area contributed by atoms with Crippen molar-refractivity contribution in [2.24, 2.45) is 0 Å². The average molecular weight is 273 g/mol. The van der Waals surface area contributed by atoms with Gasteiger partial charge in [-0.05, 0) is 62.0 Å². The molecule has 0 amide bonds. The number of fused-ring (bicyclic) bond motifs is 1. The molecule has 0 radical (unpaired) electrons. The molecule has 3 nitrogen and oxygen atoms in total. The second-order valence-corrected chi connectivity index (χ2v) is 5.75. The average Bonchev–Trinajstić information content (AvgIpc) is 2.44. The quantitative estimate of drug-likeness (QED) is 0.909. The maximum Gasteiger partial charge on any atom is 0.119 e. The Hall–Kier alpha value is -1.58. The van der Waals surface area contributed by atoms with Crippen LogP contribution in [0.5, 0.6) is 5.75 Å². The fraction of sp³-hybridized carbons (Fsp3) is 0.412. The molecule has 1 N–H and O–H groups in total. The summed E-state index contributed by atoms with van der Waals surface area (Å²) in [5, 5.41) is 12.9. The molecule has 0 saturated carbocycles. The molecule has 3 heteroatoms. The molecule has 1 atom stereocenters. The fourth-order valence-corrected chi connectivity index (χ4v) is 2.27. The first-order valence-electron chi connectivity index (χ1n) is 6.88. The summed E-state index contributed by atoms with van der Waals surface area (Å²) in [7, 11) is 5.70. The van der Waals surface area contributed by atoms with E-state index in [9.17, 15) is 5.11 Å². The van der Waals surface area contributed by atoms with Gasteiger partial charge in [0.25, 0.3) is 0 Å². The Labute approximate surface area is 120 Å². The molecule has 0 aromatic heterocycles. The van der Waals surface area contributed by atoms with Gasteiger partial charge in [0.05, 0.1) is 12.7 Å². The standard InChI is InChI=1S/C17H23NO2/c1-17(19,9-10-18(2)3)15-7-5-14-12-16(20-4)8-6-13(14)11-15/h5-8,11-12,19H,9-10H2,1-4H3/t17-/m1/s1. The Balaban J connectivity index is 2.31. The van der Waals surface area contributed by atoms with Gasteiger partial charge >= 0.3 is 0 Å². The smallest absolute Gasteiger partial charge is 0.119 e. The number of nitrogens with zero attached hydrogens (tertiary/aromatic N) is 1. The first-order chi connectivity index (χ1) is 9.42. The molecule has 0 heterocycles. The lowest BCUT2D eigenvalue weighted by atomic mass is 9.90. The van der Waals surface area contributed by atoms with Crippen molar-refractivity contribution in [2.45, 2.75) is 18.9 Å². The Morgan fingerprint density at radius 3 is 2.40 bits per heavy atom. The van der Waals surface area contributed by atoms with E-state index in [4.69, 9.17) is 4.74 Å². The van der Waals surface area contributed by atoms with Crippen LogP contribution in [0, 0.1) is 0 Å². The van der Waals surface area contributed by atoms with E-state index in [1.165, 1.54) is 0 Å². The summed E-state index contributed by atoms with van der Waals surface area (Å²) < 4.78 is 5.23. The van der Waals surface area contributed by atoms with Crippen molar-refractivity contribution in [2.75, 3.05) is 27.7 Å². The first kappa shape index (κ1) is 14.8. The van der Waals surface area contributed by atoms with Crippen LogP contribution in [0.15, 0.2) is 36.4 Å². The topological polar surface area (TPSA) is 32.7 Å². The second-order valence-electron chi connectivity index (χ2n) is 5.75. The first-order valence-corrected chi connectivity index (χ1v) is 6.88. The van der Waals surface area contributed by atoms with Gasteiger partial charge in [-0.1, -0.05) is 18.2 Å². The molecular formula is C17H23NO2. The van der Waals surface area contributed by atoms with Gasteiger partial charge in [0.2, 0.25) is 0 Å². The largest absolute Gasteiger partial charge is 0.497 e. The van der Waals surface area contributed by atoms with Gasteiger partial charge in [-0.2, -0.15) is 0 Å². The number of rotatable bonds is 5. The van der Waals surface area contributed by atoms with Crippen LogP contribution in [-0.2, 0) is 5.60 Å². The van der Waals surface area contributed by atoms with E-state index in [1.54, 1.807) is 7.11 Å². The predicted octanol–water partition coefficient (Wildman–Crippen LogP) is 3.01. The molecule has 0 unspecified atom stereocenters. The lowest BCUT2D eigenvalue weighted by molar-refractivity contribution is 0.0407. The zero-order valence-electron chi connectivity index (χ0n) is 12.7. The normalized spacial score (nSPS) is 14.5. The van der Waals surface area contributed by atoms with Crippen LogP contribution >= 0.6 is 0 Å². The minimum Gasteiger partial charge on any atom is -0.497 e. The molecule has 20 heavy (non-hydrogen) atoms. The maximum atomic E-state index is 10.6. The molecule has 2 aromatic carbocycles. The van der Waals surface area contributed by atoms with E-state index >= 15 is 0 Å². The molecule has 108 valence electrons. The number of methoxy groups -OCH3 is 1. The van der Waals surface area contributed by atoms with E-state index in [1.807, 2.05) is 51.4 Å². The predicted molar refractivity (Wildman–Crippen MR) is 83.2 cm³/mol. The van der Waals surface area contributed by atoms with Gasteiger partial charge in [-0.15, -0.1) is 0 Å². The molecule has 0 aliphatic rings. The van der Waals surface area contributed by atoms with Crippen molar-refractivity contribution in [3.05, 3.63) is 42.0 Å². The summed E-state index contributed by atoms with van der Waals surface area (Å²) in [6, 6.07) is 12.1. The minimum atomic E-state index is -0.807. The van der Waals surface area contributed by atoms with Crippen LogP contribution < -0.4 is 4.74 Å². The molecule has 0 bridgehead atoms. The highest BCUT2D eigenvalue weighted by Crippen LogP contribution is 2.29. The Morgan fingerprint density at radius 2 is 1.75 bits per heavy atom. The van der Waals surface area contributed by atoms with Crippen molar-refractivity contribution >= 4 is 10.8 Å². The van der Waals surface area contributed by atoms with Crippen LogP contribution in [0.1, 0.15) is 18.9 Å². The summed E-state index contributed by atoms with van der Waals surface area (Å²) in [6.07, 6.45) is 0.710. The third kappa shape index (κ3) is 3.30. The van der Waals surface area contributed by atoms with Gasteiger partial charge in [-0.25, -0.2) is 0 Å². The number of ether oxygens (including phenoxy) is 1. The molecule has 0 spiro atoms. The summed E-state index contributed by atoms with van der Waals surface area (Å²) >= 11 is 0. The van der Waals surface area contributed by atoms with E-state index in [0.717, 1.165) is 28.6 Å². The van der Waals surface area contributed by atoms with Crippen molar-refractivity contribution in [3.8, 4) is 5.75 Å². The van der Waals surface area contributed by atoms with Crippen LogP contribution in [0.2, 0.25) is 0 Å². The number of benzene rings is 2. The highest BCUT2D eigenvalue weighted by Gasteiger charge is 2.23. The van der Waals surface area contributed by atoms with Crippen molar-refractivity contribution in [1.29, 1.82) is 0 Å². The van der Waals surface area contributed by atoms with Crippen LogP contribution in [0.4, 0.5) is 0 Å². The lowest BCUT2D eigenvalue weighted by Crippen LogP contribution is -2.27. The highest BCUT2D eigenvalue weighted by molar-refractivity contribution is 5.84. The summed E-state index contributed by atoms with van der Waals surface area (Å²) in [5.41, 5.74) is 0.148. The van der Waals surface area contributed by atoms with Crippen molar-refractivity contribution < 1.29 is 9.84 Å². The van der Waals surface area contributed by atoms with Gasteiger partial charge in [-0.3, -0.25) is 0 Å². The fourth-order valence-electron chi connectivity index (χ4n) is 2.27. The SMILES string of the molecule is COc1ccc2cc([C@](C)(O)CCN(C)C)ccc2c1. The summed E-state index contributed by atoms with van der Waals surface area (Å²) in [4.78, 5) is 2.08. The Kier molecular flexibility index (Phi) is 4.31. The maximum absolute atomic E-state index is 10.6. The number of hydrogen-bond acceptors (Lipinski definition) is 3. The van der Waals surface area contributed by atoms with Gasteiger partial charge in [0.15, 0.2) is 0 Å². The van der Waals surface area contributed by atoms with Crippen LogP contribution in [-0.4, -0.2) is 37.8 Å². The molecule has 2 rings (SSSR count). The third-order valence-corrected chi connectivity index (χ3v) is 3.72.